The second-order valence-corrected chi connectivity index (χ2v) is 7.32. The number of carbonyl (C=O) groups excluding carboxylic acids is 2. The Bertz CT molecular complexity index is 1140. The molecule has 1 aliphatic rings. The minimum atomic E-state index is -0.440. The molecule has 0 radical (unpaired) electrons. The molecule has 0 N–H and O–H groups in total. The highest BCUT2D eigenvalue weighted by molar-refractivity contribution is 6.37. The topological polar surface area (TPSA) is 40.6 Å². The molecule has 0 saturated heterocycles. The summed E-state index contributed by atoms with van der Waals surface area (Å²) in [7, 11) is 1.73. The monoisotopic (exact) mass is 420 g/mol. The number of nitrogens with zero attached hydrogens (tertiary/aromatic N) is 2. The average molecular weight is 421 g/mol. The molecule has 3 aromatic carbocycles. The van der Waals surface area contributed by atoms with E-state index in [1.165, 1.54) is 29.2 Å². The van der Waals surface area contributed by atoms with Gasteiger partial charge in [-0.1, -0.05) is 60.1 Å². The Balaban J connectivity index is 1.80. The standard InChI is InChI=1S/C24H18ClFN2O2/c1-27(19-8-3-2-4-9-19)22-21(16-11-13-18(26)14-12-16)23(29)28(24(22)30)15-17-7-5-6-10-20(17)25/h2-14H,15H2,1H3. The van der Waals surface area contributed by atoms with Crippen LogP contribution in [-0.2, 0) is 16.1 Å². The van der Waals surface area contributed by atoms with E-state index in [4.69, 9.17) is 11.6 Å². The van der Waals surface area contributed by atoms with E-state index in [9.17, 15) is 14.0 Å². The molecule has 0 aromatic heterocycles. The second kappa shape index (κ2) is 8.13. The number of likely N-dealkylation sites (N-methyl/N-ethyl adjacent to an activating group) is 1. The smallest absolute Gasteiger partial charge is 0.278 e. The Morgan fingerprint density at radius 2 is 1.50 bits per heavy atom. The molecular formula is C24H18ClFN2O2. The van der Waals surface area contributed by atoms with Crippen LogP contribution < -0.4 is 4.90 Å². The molecule has 0 unspecified atom stereocenters. The van der Waals surface area contributed by atoms with E-state index < -0.39 is 17.6 Å². The summed E-state index contributed by atoms with van der Waals surface area (Å²) in [4.78, 5) is 29.6. The number of hydrogen-bond donors (Lipinski definition) is 0. The largest absolute Gasteiger partial charge is 0.339 e. The van der Waals surface area contributed by atoms with Crippen molar-refractivity contribution in [2.24, 2.45) is 0 Å². The first-order chi connectivity index (χ1) is 14.5. The number of carbonyl (C=O) groups is 2. The highest BCUT2D eigenvalue weighted by Gasteiger charge is 2.41. The van der Waals surface area contributed by atoms with Crippen LogP contribution in [0.25, 0.3) is 5.57 Å². The molecule has 150 valence electrons. The summed E-state index contributed by atoms with van der Waals surface area (Å²) in [6, 6.07) is 21.9. The van der Waals surface area contributed by atoms with Gasteiger partial charge in [-0.3, -0.25) is 14.5 Å². The summed E-state index contributed by atoms with van der Waals surface area (Å²) < 4.78 is 13.5. The van der Waals surface area contributed by atoms with Gasteiger partial charge >= 0.3 is 0 Å². The molecule has 4 nitrogen and oxygen atoms in total. The van der Waals surface area contributed by atoms with Crippen LogP contribution in [0.5, 0.6) is 0 Å². The van der Waals surface area contributed by atoms with Gasteiger partial charge in [-0.05, 0) is 41.5 Å². The molecule has 3 aromatic rings. The molecule has 2 amide bonds. The predicted molar refractivity (Wildman–Crippen MR) is 115 cm³/mol. The van der Waals surface area contributed by atoms with Crippen LogP contribution in [0.4, 0.5) is 10.1 Å². The number of para-hydroxylation sites is 1. The lowest BCUT2D eigenvalue weighted by atomic mass is 10.0. The summed E-state index contributed by atoms with van der Waals surface area (Å²) in [5.74, 6) is -1.28. The first-order valence-electron chi connectivity index (χ1n) is 9.36. The quantitative estimate of drug-likeness (QED) is 0.551. The fourth-order valence-electron chi connectivity index (χ4n) is 3.47. The van der Waals surface area contributed by atoms with Crippen LogP contribution in [0.1, 0.15) is 11.1 Å². The first kappa shape index (κ1) is 19.9. The molecule has 6 heteroatoms. The summed E-state index contributed by atoms with van der Waals surface area (Å²) in [6.07, 6.45) is 0. The lowest BCUT2D eigenvalue weighted by Crippen LogP contribution is -2.33. The van der Waals surface area contributed by atoms with E-state index in [0.29, 0.717) is 16.1 Å². The second-order valence-electron chi connectivity index (χ2n) is 6.91. The van der Waals surface area contributed by atoms with Gasteiger partial charge < -0.3 is 4.90 Å². The van der Waals surface area contributed by atoms with Crippen LogP contribution in [0.15, 0.2) is 84.6 Å². The van der Waals surface area contributed by atoms with Crippen LogP contribution in [0.2, 0.25) is 5.02 Å². The fourth-order valence-corrected chi connectivity index (χ4v) is 3.67. The van der Waals surface area contributed by atoms with Crippen molar-refractivity contribution in [3.8, 4) is 0 Å². The van der Waals surface area contributed by atoms with Crippen molar-refractivity contribution < 1.29 is 14.0 Å². The Morgan fingerprint density at radius 3 is 2.17 bits per heavy atom. The van der Waals surface area contributed by atoms with E-state index in [-0.39, 0.29) is 17.8 Å². The summed E-state index contributed by atoms with van der Waals surface area (Å²) in [6.45, 7) is 0.0498. The fraction of sp³-hybridized carbons (Fsp3) is 0.0833. The van der Waals surface area contributed by atoms with Crippen molar-refractivity contribution in [1.29, 1.82) is 0 Å². The number of hydrogen-bond acceptors (Lipinski definition) is 3. The van der Waals surface area contributed by atoms with Crippen molar-refractivity contribution in [2.75, 3.05) is 11.9 Å². The van der Waals surface area contributed by atoms with E-state index >= 15 is 0 Å². The molecular weight excluding hydrogens is 403 g/mol. The van der Waals surface area contributed by atoms with Crippen LogP contribution >= 0.6 is 11.6 Å². The lowest BCUT2D eigenvalue weighted by Gasteiger charge is -2.21. The average Bonchev–Trinajstić information content (AvgIpc) is 3.00. The maximum absolute atomic E-state index is 13.5. The van der Waals surface area contributed by atoms with Gasteiger partial charge in [0, 0.05) is 17.8 Å². The molecule has 1 heterocycles. The predicted octanol–water partition coefficient (Wildman–Crippen LogP) is 4.90. The molecule has 30 heavy (non-hydrogen) atoms. The van der Waals surface area contributed by atoms with E-state index in [1.54, 1.807) is 36.2 Å². The first-order valence-corrected chi connectivity index (χ1v) is 9.74. The minimum absolute atomic E-state index is 0.0498. The SMILES string of the molecule is CN(C1=C(c2ccc(F)cc2)C(=O)N(Cc2ccccc2Cl)C1=O)c1ccccc1. The van der Waals surface area contributed by atoms with Crippen LogP contribution in [0.3, 0.4) is 0 Å². The molecule has 0 bridgehead atoms. The maximum atomic E-state index is 13.5. The van der Waals surface area contributed by atoms with Gasteiger partial charge in [-0.15, -0.1) is 0 Å². The Kier molecular flexibility index (Phi) is 5.38. The van der Waals surface area contributed by atoms with Gasteiger partial charge in [-0.2, -0.15) is 0 Å². The Morgan fingerprint density at radius 1 is 0.867 bits per heavy atom. The summed E-state index contributed by atoms with van der Waals surface area (Å²) >= 11 is 6.25. The summed E-state index contributed by atoms with van der Waals surface area (Å²) in [5, 5.41) is 0.478. The van der Waals surface area contributed by atoms with E-state index in [1.807, 2.05) is 30.3 Å². The zero-order chi connectivity index (χ0) is 21.3. The number of amides is 2. The molecule has 1 aliphatic heterocycles. The highest BCUT2D eigenvalue weighted by Crippen LogP contribution is 2.34. The van der Waals surface area contributed by atoms with E-state index in [0.717, 1.165) is 5.69 Å². The van der Waals surface area contributed by atoms with Crippen LogP contribution in [-0.4, -0.2) is 23.8 Å². The Labute approximate surface area is 178 Å². The number of benzene rings is 3. The molecule has 0 fully saturated rings. The molecule has 0 spiro atoms. The Hall–Kier alpha value is -3.44. The van der Waals surface area contributed by atoms with Gasteiger partial charge in [0.05, 0.1) is 12.1 Å². The molecule has 0 saturated carbocycles. The minimum Gasteiger partial charge on any atom is -0.339 e. The zero-order valence-electron chi connectivity index (χ0n) is 16.2. The lowest BCUT2D eigenvalue weighted by molar-refractivity contribution is -0.137. The molecule has 0 atom stereocenters. The van der Waals surface area contributed by atoms with E-state index in [2.05, 4.69) is 0 Å². The zero-order valence-corrected chi connectivity index (χ0v) is 16.9. The van der Waals surface area contributed by atoms with Gasteiger partial charge in [0.2, 0.25) is 0 Å². The molecule has 0 aliphatic carbocycles. The summed E-state index contributed by atoms with van der Waals surface area (Å²) in [5.41, 5.74) is 2.38. The normalized spacial score (nSPS) is 13.9. The van der Waals surface area contributed by atoms with Gasteiger partial charge in [-0.25, -0.2) is 4.39 Å². The third-order valence-electron chi connectivity index (χ3n) is 5.04. The highest BCUT2D eigenvalue weighted by atomic mass is 35.5. The maximum Gasteiger partial charge on any atom is 0.278 e. The number of halogens is 2. The third-order valence-corrected chi connectivity index (χ3v) is 5.41. The van der Waals surface area contributed by atoms with Gasteiger partial charge in [0.1, 0.15) is 11.5 Å². The van der Waals surface area contributed by atoms with Crippen LogP contribution in [0, 0.1) is 5.82 Å². The number of imide groups is 1. The van der Waals surface area contributed by atoms with Crippen molar-refractivity contribution in [3.05, 3.63) is 107 Å². The van der Waals surface area contributed by atoms with Crippen molar-refractivity contribution >= 4 is 34.7 Å². The number of rotatable bonds is 5. The van der Waals surface area contributed by atoms with Crippen molar-refractivity contribution in [3.63, 3.8) is 0 Å². The van der Waals surface area contributed by atoms with Gasteiger partial charge in [0.25, 0.3) is 11.8 Å². The van der Waals surface area contributed by atoms with Crippen molar-refractivity contribution in [1.82, 2.24) is 4.90 Å². The third kappa shape index (κ3) is 3.60. The van der Waals surface area contributed by atoms with Crippen molar-refractivity contribution in [2.45, 2.75) is 6.54 Å². The number of anilines is 1. The molecule has 4 rings (SSSR count). The van der Waals surface area contributed by atoms with Gasteiger partial charge in [0.15, 0.2) is 0 Å².